The van der Waals surface area contributed by atoms with E-state index in [1.165, 1.54) is 12.1 Å². The summed E-state index contributed by atoms with van der Waals surface area (Å²) in [5.41, 5.74) is 4.07. The number of anilines is 3. The van der Waals surface area contributed by atoms with E-state index in [0.29, 0.717) is 28.4 Å². The molecule has 0 aliphatic carbocycles. The summed E-state index contributed by atoms with van der Waals surface area (Å²) in [6, 6.07) is 4.41. The zero-order valence-electron chi connectivity index (χ0n) is 11.2. The van der Waals surface area contributed by atoms with E-state index < -0.39 is 0 Å². The molecule has 0 saturated carbocycles. The molecule has 1 heterocycles. The summed E-state index contributed by atoms with van der Waals surface area (Å²) in [6.45, 7) is 3.82. The topological polar surface area (TPSA) is 75.9 Å². The van der Waals surface area contributed by atoms with Gasteiger partial charge in [-0.05, 0) is 41.1 Å². The van der Waals surface area contributed by atoms with Gasteiger partial charge < -0.3 is 10.7 Å². The van der Waals surface area contributed by atoms with Crippen LogP contribution in [0.25, 0.3) is 0 Å². The summed E-state index contributed by atoms with van der Waals surface area (Å²) in [5.74, 6) is 7.03. The fourth-order valence-electron chi connectivity index (χ4n) is 1.70. The Labute approximate surface area is 124 Å². The van der Waals surface area contributed by atoms with Crippen molar-refractivity contribution in [2.75, 3.05) is 10.7 Å². The lowest BCUT2D eigenvalue weighted by molar-refractivity contribution is 0.627. The highest BCUT2D eigenvalue weighted by atomic mass is 79.9. The molecule has 0 aliphatic heterocycles. The van der Waals surface area contributed by atoms with Gasteiger partial charge in [0, 0.05) is 16.5 Å². The van der Waals surface area contributed by atoms with Crippen molar-refractivity contribution in [3.05, 3.63) is 39.9 Å². The third-order valence-corrected chi connectivity index (χ3v) is 3.49. The number of benzene rings is 1. The minimum Gasteiger partial charge on any atom is -0.339 e. The number of aromatic nitrogens is 2. The van der Waals surface area contributed by atoms with E-state index in [4.69, 9.17) is 5.84 Å². The number of nitrogens with zero attached hydrogens (tertiary/aromatic N) is 2. The van der Waals surface area contributed by atoms with Crippen molar-refractivity contribution in [1.29, 1.82) is 0 Å². The van der Waals surface area contributed by atoms with Gasteiger partial charge in [-0.15, -0.1) is 0 Å². The van der Waals surface area contributed by atoms with Crippen LogP contribution in [0.5, 0.6) is 0 Å². The van der Waals surface area contributed by atoms with Crippen LogP contribution in [0, 0.1) is 12.7 Å². The van der Waals surface area contributed by atoms with Crippen LogP contribution in [-0.2, 0) is 6.42 Å². The van der Waals surface area contributed by atoms with Crippen molar-refractivity contribution in [1.82, 2.24) is 9.97 Å². The first-order valence-corrected chi connectivity index (χ1v) is 6.90. The second-order valence-corrected chi connectivity index (χ2v) is 5.06. The smallest absolute Gasteiger partial charge is 0.148 e. The van der Waals surface area contributed by atoms with Crippen LogP contribution in [0.3, 0.4) is 0 Å². The third kappa shape index (κ3) is 3.05. The maximum absolute atomic E-state index is 13.1. The highest BCUT2D eigenvalue weighted by Gasteiger charge is 2.11. The van der Waals surface area contributed by atoms with Crippen LogP contribution in [0.4, 0.5) is 21.7 Å². The Hall–Kier alpha value is -1.73. The van der Waals surface area contributed by atoms with E-state index in [1.54, 1.807) is 6.07 Å². The predicted molar refractivity (Wildman–Crippen MR) is 81.3 cm³/mol. The Morgan fingerprint density at radius 2 is 2.00 bits per heavy atom. The molecule has 0 atom stereocenters. The van der Waals surface area contributed by atoms with Crippen LogP contribution < -0.4 is 16.6 Å². The molecule has 0 bridgehead atoms. The summed E-state index contributed by atoms with van der Waals surface area (Å²) in [5, 5.41) is 3.16. The molecule has 0 unspecified atom stereocenters. The summed E-state index contributed by atoms with van der Waals surface area (Å²) in [6.07, 6.45) is 0.689. The molecule has 7 heteroatoms. The van der Waals surface area contributed by atoms with Crippen molar-refractivity contribution in [2.24, 2.45) is 5.84 Å². The number of hydrogen-bond acceptors (Lipinski definition) is 5. The first-order valence-electron chi connectivity index (χ1n) is 6.11. The molecule has 1 aromatic heterocycles. The molecule has 0 aliphatic rings. The summed E-state index contributed by atoms with van der Waals surface area (Å²) in [4.78, 5) is 8.71. The summed E-state index contributed by atoms with van der Waals surface area (Å²) < 4.78 is 13.7. The molecule has 106 valence electrons. The summed E-state index contributed by atoms with van der Waals surface area (Å²) in [7, 11) is 0. The van der Waals surface area contributed by atoms with E-state index in [-0.39, 0.29) is 5.82 Å². The van der Waals surface area contributed by atoms with E-state index in [1.807, 2.05) is 13.8 Å². The van der Waals surface area contributed by atoms with Crippen LogP contribution in [-0.4, -0.2) is 9.97 Å². The molecular weight excluding hydrogens is 325 g/mol. The quantitative estimate of drug-likeness (QED) is 0.588. The average molecular weight is 340 g/mol. The van der Waals surface area contributed by atoms with Gasteiger partial charge in [-0.2, -0.15) is 0 Å². The maximum Gasteiger partial charge on any atom is 0.148 e. The average Bonchev–Trinajstić information content (AvgIpc) is 2.43. The number of aryl methyl sites for hydroxylation is 1. The van der Waals surface area contributed by atoms with Crippen molar-refractivity contribution >= 4 is 33.3 Å². The number of hydrazine groups is 1. The molecule has 0 saturated heterocycles. The standard InChI is InChI=1S/C13H15BrFN5/c1-3-11-18-12(7(2)13(19-11)20-16)17-10-5-4-8(15)6-9(10)14/h4-6H,3,16H2,1-2H3,(H2,17,18,19,20). The van der Waals surface area contributed by atoms with Crippen LogP contribution >= 0.6 is 15.9 Å². The Bertz CT molecular complexity index is 632. The second-order valence-electron chi connectivity index (χ2n) is 4.21. The molecule has 20 heavy (non-hydrogen) atoms. The molecular formula is C13H15BrFN5. The van der Waals surface area contributed by atoms with Crippen LogP contribution in [0.2, 0.25) is 0 Å². The molecule has 0 fully saturated rings. The minimum atomic E-state index is -0.305. The molecule has 1 aromatic carbocycles. The van der Waals surface area contributed by atoms with Crippen molar-refractivity contribution < 1.29 is 4.39 Å². The van der Waals surface area contributed by atoms with Gasteiger partial charge >= 0.3 is 0 Å². The van der Waals surface area contributed by atoms with Crippen molar-refractivity contribution in [3.63, 3.8) is 0 Å². The van der Waals surface area contributed by atoms with Gasteiger partial charge in [0.2, 0.25) is 0 Å². The largest absolute Gasteiger partial charge is 0.339 e. The molecule has 0 spiro atoms. The molecule has 2 rings (SSSR count). The number of halogens is 2. The van der Waals surface area contributed by atoms with Gasteiger partial charge in [-0.25, -0.2) is 20.2 Å². The zero-order chi connectivity index (χ0) is 14.7. The molecule has 0 radical (unpaired) electrons. The van der Waals surface area contributed by atoms with Gasteiger partial charge in [0.1, 0.15) is 23.3 Å². The number of nitrogens with one attached hydrogen (secondary N) is 2. The van der Waals surface area contributed by atoms with Crippen molar-refractivity contribution in [2.45, 2.75) is 20.3 Å². The Morgan fingerprint density at radius 1 is 1.30 bits per heavy atom. The van der Waals surface area contributed by atoms with Gasteiger partial charge in [-0.1, -0.05) is 6.92 Å². The number of nitrogen functional groups attached to an aromatic ring is 1. The SMILES string of the molecule is CCc1nc(NN)c(C)c(Nc2ccc(F)cc2Br)n1. The first-order chi connectivity index (χ1) is 9.55. The second kappa shape index (κ2) is 6.15. The molecule has 0 amide bonds. The highest BCUT2D eigenvalue weighted by molar-refractivity contribution is 9.10. The first kappa shape index (κ1) is 14.7. The lowest BCUT2D eigenvalue weighted by atomic mass is 10.2. The fraction of sp³-hybridized carbons (Fsp3) is 0.231. The number of rotatable bonds is 4. The van der Waals surface area contributed by atoms with Gasteiger partial charge in [0.05, 0.1) is 5.69 Å². The van der Waals surface area contributed by atoms with Gasteiger partial charge in [0.25, 0.3) is 0 Å². The third-order valence-electron chi connectivity index (χ3n) is 2.83. The lowest BCUT2D eigenvalue weighted by Crippen LogP contribution is -2.14. The maximum atomic E-state index is 13.1. The Morgan fingerprint density at radius 3 is 2.60 bits per heavy atom. The zero-order valence-corrected chi connectivity index (χ0v) is 12.8. The number of nitrogens with two attached hydrogens (primary N) is 1. The molecule has 2 aromatic rings. The normalized spacial score (nSPS) is 10.4. The highest BCUT2D eigenvalue weighted by Crippen LogP contribution is 2.28. The Kier molecular flexibility index (Phi) is 4.51. The van der Waals surface area contributed by atoms with E-state index >= 15 is 0 Å². The summed E-state index contributed by atoms with van der Waals surface area (Å²) >= 11 is 3.31. The van der Waals surface area contributed by atoms with E-state index in [0.717, 1.165) is 11.3 Å². The molecule has 4 N–H and O–H groups in total. The fourth-order valence-corrected chi connectivity index (χ4v) is 2.15. The monoisotopic (exact) mass is 339 g/mol. The van der Waals surface area contributed by atoms with Gasteiger partial charge in [-0.3, -0.25) is 0 Å². The number of hydrogen-bond donors (Lipinski definition) is 3. The predicted octanol–water partition coefficient (Wildman–Crippen LogP) is 3.28. The minimum absolute atomic E-state index is 0.305. The Balaban J connectivity index is 2.42. The van der Waals surface area contributed by atoms with Crippen LogP contribution in [0.1, 0.15) is 18.3 Å². The van der Waals surface area contributed by atoms with Crippen LogP contribution in [0.15, 0.2) is 22.7 Å². The molecule has 5 nitrogen and oxygen atoms in total. The van der Waals surface area contributed by atoms with E-state index in [2.05, 4.69) is 36.6 Å². The van der Waals surface area contributed by atoms with Gasteiger partial charge in [0.15, 0.2) is 0 Å². The van der Waals surface area contributed by atoms with E-state index in [9.17, 15) is 4.39 Å². The lowest BCUT2D eigenvalue weighted by Gasteiger charge is -2.14. The van der Waals surface area contributed by atoms with Crippen molar-refractivity contribution in [3.8, 4) is 0 Å².